The van der Waals surface area contributed by atoms with Gasteiger partial charge in [-0.2, -0.15) is 0 Å². The monoisotopic (exact) mass is 170 g/mol. The highest BCUT2D eigenvalue weighted by molar-refractivity contribution is 7.61. The highest BCUT2D eigenvalue weighted by atomic mass is 31.2. The first-order valence-electron chi connectivity index (χ1n) is 3.52. The molecule has 0 aliphatic rings. The van der Waals surface area contributed by atoms with Crippen molar-refractivity contribution in [2.24, 2.45) is 0 Å². The third-order valence-electron chi connectivity index (χ3n) is 0.667. The Bertz CT molecular complexity index is 177. The lowest BCUT2D eigenvalue weighted by molar-refractivity contribution is 0.586. The van der Waals surface area contributed by atoms with Crippen molar-refractivity contribution in [1.29, 1.82) is 0 Å². The van der Waals surface area contributed by atoms with Gasteiger partial charge in [0.25, 0.3) is 0 Å². The van der Waals surface area contributed by atoms with Crippen LogP contribution in [0.4, 0.5) is 0 Å². The van der Waals surface area contributed by atoms with Crippen LogP contribution in [0.3, 0.4) is 0 Å². The molecular weight excluding hydrogens is 155 g/mol. The van der Waals surface area contributed by atoms with Crippen LogP contribution in [0.15, 0.2) is 36.4 Å². The second-order valence-corrected chi connectivity index (χ2v) is 6.82. The van der Waals surface area contributed by atoms with E-state index < -0.39 is 7.14 Å². The van der Waals surface area contributed by atoms with Gasteiger partial charge in [-0.05, 0) is 20.0 Å². The summed E-state index contributed by atoms with van der Waals surface area (Å²) in [6, 6.07) is 12.0. The van der Waals surface area contributed by atoms with Gasteiger partial charge in [0.1, 0.15) is 0 Å². The Labute approximate surface area is 68.8 Å². The minimum atomic E-state index is -1.64. The standard InChI is InChI=1S/C6H6.C3H9OP/c1-2-4-6-5-3-1;1-5(2,3)4/h1-6H;1-3H3. The summed E-state index contributed by atoms with van der Waals surface area (Å²) in [5, 5.41) is 0. The van der Waals surface area contributed by atoms with Crippen LogP contribution in [-0.2, 0) is 4.57 Å². The topological polar surface area (TPSA) is 17.1 Å². The van der Waals surface area contributed by atoms with Crippen molar-refractivity contribution in [1.82, 2.24) is 0 Å². The fourth-order valence-electron chi connectivity index (χ4n) is 0.385. The summed E-state index contributed by atoms with van der Waals surface area (Å²) in [5.41, 5.74) is 0. The van der Waals surface area contributed by atoms with Gasteiger partial charge in [-0.3, -0.25) is 0 Å². The quantitative estimate of drug-likeness (QED) is 0.547. The Balaban J connectivity index is 0.000000187. The number of hydrogen-bond acceptors (Lipinski definition) is 1. The molecule has 0 saturated heterocycles. The Morgan fingerprint density at radius 3 is 0.909 bits per heavy atom. The van der Waals surface area contributed by atoms with Crippen LogP contribution in [0, 0.1) is 0 Å². The van der Waals surface area contributed by atoms with Crippen molar-refractivity contribution in [3.63, 3.8) is 0 Å². The maximum absolute atomic E-state index is 10.2. The molecule has 0 amide bonds. The zero-order valence-corrected chi connectivity index (χ0v) is 8.21. The average Bonchev–Trinajstić information content (AvgIpc) is 1.88. The first kappa shape index (κ1) is 10.4. The SMILES string of the molecule is CP(C)(C)=O.c1ccccc1. The maximum Gasteiger partial charge on any atom is 0.0790 e. The van der Waals surface area contributed by atoms with Gasteiger partial charge in [0.2, 0.25) is 0 Å². The summed E-state index contributed by atoms with van der Waals surface area (Å²) in [7, 11) is -1.64. The van der Waals surface area contributed by atoms with E-state index in [-0.39, 0.29) is 0 Å². The lowest BCUT2D eigenvalue weighted by atomic mass is 10.4. The van der Waals surface area contributed by atoms with Crippen LogP contribution in [0.25, 0.3) is 0 Å². The minimum Gasteiger partial charge on any atom is -0.324 e. The van der Waals surface area contributed by atoms with Crippen LogP contribution in [0.5, 0.6) is 0 Å². The second kappa shape index (κ2) is 5.15. The molecule has 2 heteroatoms. The van der Waals surface area contributed by atoms with Crippen LogP contribution < -0.4 is 0 Å². The van der Waals surface area contributed by atoms with Crippen LogP contribution >= 0.6 is 7.14 Å². The van der Waals surface area contributed by atoms with E-state index in [2.05, 4.69) is 0 Å². The van der Waals surface area contributed by atoms with E-state index >= 15 is 0 Å². The van der Waals surface area contributed by atoms with E-state index in [1.165, 1.54) is 0 Å². The molecule has 0 aliphatic carbocycles. The van der Waals surface area contributed by atoms with E-state index in [1.807, 2.05) is 36.4 Å². The molecule has 0 N–H and O–H groups in total. The van der Waals surface area contributed by atoms with Gasteiger partial charge in [-0.1, -0.05) is 36.4 Å². The summed E-state index contributed by atoms with van der Waals surface area (Å²) in [6.07, 6.45) is 0. The van der Waals surface area contributed by atoms with Crippen LogP contribution in [0.1, 0.15) is 0 Å². The van der Waals surface area contributed by atoms with Crippen molar-refractivity contribution in [2.45, 2.75) is 0 Å². The zero-order valence-electron chi connectivity index (χ0n) is 7.32. The molecule has 0 bridgehead atoms. The second-order valence-electron chi connectivity index (χ2n) is 3.04. The largest absolute Gasteiger partial charge is 0.324 e. The van der Waals surface area contributed by atoms with E-state index in [9.17, 15) is 4.57 Å². The van der Waals surface area contributed by atoms with Crippen molar-refractivity contribution < 1.29 is 4.57 Å². The third kappa shape index (κ3) is 17.7. The molecule has 1 aromatic carbocycles. The molecule has 0 saturated carbocycles. The summed E-state index contributed by atoms with van der Waals surface area (Å²) >= 11 is 0. The highest BCUT2D eigenvalue weighted by Crippen LogP contribution is 2.28. The Hall–Kier alpha value is -0.550. The van der Waals surface area contributed by atoms with E-state index in [4.69, 9.17) is 0 Å². The zero-order chi connectivity index (χ0) is 8.74. The molecule has 1 aromatic rings. The molecule has 62 valence electrons. The summed E-state index contributed by atoms with van der Waals surface area (Å²) < 4.78 is 10.2. The van der Waals surface area contributed by atoms with Crippen LogP contribution in [0.2, 0.25) is 0 Å². The normalized spacial score (nSPS) is 9.73. The molecule has 0 spiro atoms. The highest BCUT2D eigenvalue weighted by Gasteiger charge is 1.89. The molecule has 0 atom stereocenters. The van der Waals surface area contributed by atoms with Crippen molar-refractivity contribution in [3.8, 4) is 0 Å². The number of benzene rings is 1. The van der Waals surface area contributed by atoms with Gasteiger partial charge in [0, 0.05) is 0 Å². The Morgan fingerprint density at radius 1 is 0.727 bits per heavy atom. The van der Waals surface area contributed by atoms with E-state index in [0.29, 0.717) is 0 Å². The maximum atomic E-state index is 10.2. The first-order valence-corrected chi connectivity index (χ1v) is 6.57. The van der Waals surface area contributed by atoms with E-state index in [0.717, 1.165) is 0 Å². The van der Waals surface area contributed by atoms with Gasteiger partial charge < -0.3 is 4.57 Å². The summed E-state index contributed by atoms with van der Waals surface area (Å²) in [6.45, 7) is 5.23. The predicted octanol–water partition coefficient (Wildman–Crippen LogP) is 2.93. The van der Waals surface area contributed by atoms with Gasteiger partial charge in [0.05, 0.1) is 7.14 Å². The van der Waals surface area contributed by atoms with Crippen molar-refractivity contribution in [3.05, 3.63) is 36.4 Å². The molecule has 0 aromatic heterocycles. The molecule has 0 radical (unpaired) electrons. The molecule has 0 heterocycles. The first-order chi connectivity index (χ1) is 5.00. The molecule has 11 heavy (non-hydrogen) atoms. The van der Waals surface area contributed by atoms with Gasteiger partial charge in [0.15, 0.2) is 0 Å². The Kier molecular flexibility index (Phi) is 4.89. The molecule has 0 unspecified atom stereocenters. The summed E-state index contributed by atoms with van der Waals surface area (Å²) in [4.78, 5) is 0. The van der Waals surface area contributed by atoms with Gasteiger partial charge in [-0.25, -0.2) is 0 Å². The minimum absolute atomic E-state index is 1.64. The van der Waals surface area contributed by atoms with Crippen molar-refractivity contribution >= 4 is 7.14 Å². The molecule has 1 rings (SSSR count). The average molecular weight is 170 g/mol. The van der Waals surface area contributed by atoms with Gasteiger partial charge in [-0.15, -0.1) is 0 Å². The summed E-state index contributed by atoms with van der Waals surface area (Å²) in [5.74, 6) is 0. The molecule has 0 fully saturated rings. The number of rotatable bonds is 0. The smallest absolute Gasteiger partial charge is 0.0790 e. The third-order valence-corrected chi connectivity index (χ3v) is 0.667. The predicted molar refractivity (Wildman–Crippen MR) is 51.8 cm³/mol. The van der Waals surface area contributed by atoms with Gasteiger partial charge >= 0.3 is 0 Å². The molecular formula is C9H15OP. The van der Waals surface area contributed by atoms with Crippen molar-refractivity contribution in [2.75, 3.05) is 20.0 Å². The van der Waals surface area contributed by atoms with Crippen LogP contribution in [-0.4, -0.2) is 20.0 Å². The Morgan fingerprint density at radius 2 is 0.818 bits per heavy atom. The fourth-order valence-corrected chi connectivity index (χ4v) is 0.385. The van der Waals surface area contributed by atoms with E-state index in [1.54, 1.807) is 20.0 Å². The fraction of sp³-hybridized carbons (Fsp3) is 0.333. The lowest BCUT2D eigenvalue weighted by Crippen LogP contribution is -1.61. The lowest BCUT2D eigenvalue weighted by Gasteiger charge is -1.86. The molecule has 0 aliphatic heterocycles. The number of hydrogen-bond donors (Lipinski definition) is 0. The molecule has 1 nitrogen and oxygen atoms in total.